The first kappa shape index (κ1) is 9.21. The zero-order chi connectivity index (χ0) is 9.97. The highest BCUT2D eigenvalue weighted by Crippen LogP contribution is 2.27. The smallest absolute Gasteiger partial charge is 0.124 e. The fraction of sp³-hybridized carbons (Fsp3) is 0.364. The Hall–Kier alpha value is -1.35. The van der Waals surface area contributed by atoms with Crippen molar-refractivity contribution in [2.75, 3.05) is 6.61 Å². The Labute approximate surface area is 83.0 Å². The van der Waals surface area contributed by atoms with E-state index in [-0.39, 0.29) is 6.10 Å². The minimum absolute atomic E-state index is 0.176. The predicted molar refractivity (Wildman–Crippen MR) is 53.7 cm³/mol. The van der Waals surface area contributed by atoms with Crippen LogP contribution in [0, 0.1) is 0 Å². The molecule has 1 aromatic carbocycles. The summed E-state index contributed by atoms with van der Waals surface area (Å²) < 4.78 is 5.57. The van der Waals surface area contributed by atoms with Gasteiger partial charge in [-0.1, -0.05) is 29.4 Å². The Bertz CT molecular complexity index is 360. The fourth-order valence-corrected chi connectivity index (χ4v) is 1.79. The lowest BCUT2D eigenvalue weighted by Gasteiger charge is -2.25. The highest BCUT2D eigenvalue weighted by molar-refractivity contribution is 5.87. The van der Waals surface area contributed by atoms with Crippen molar-refractivity contribution in [3.05, 3.63) is 35.4 Å². The van der Waals surface area contributed by atoms with Crippen molar-refractivity contribution in [2.45, 2.75) is 19.4 Å². The summed E-state index contributed by atoms with van der Waals surface area (Å²) in [5.74, 6) is 0. The molecule has 0 fully saturated rings. The number of benzene rings is 1. The van der Waals surface area contributed by atoms with Gasteiger partial charge in [0.1, 0.15) is 6.10 Å². The second-order valence-electron chi connectivity index (χ2n) is 3.44. The molecule has 0 amide bonds. The Balaban J connectivity index is 2.40. The highest BCUT2D eigenvalue weighted by atomic mass is 16.5. The van der Waals surface area contributed by atoms with Crippen molar-refractivity contribution >= 4 is 5.71 Å². The van der Waals surface area contributed by atoms with E-state index in [4.69, 9.17) is 9.94 Å². The lowest BCUT2D eigenvalue weighted by atomic mass is 9.95. The molecule has 0 spiro atoms. The maximum Gasteiger partial charge on any atom is 0.124 e. The van der Waals surface area contributed by atoms with E-state index in [0.717, 1.165) is 12.0 Å². The van der Waals surface area contributed by atoms with Crippen LogP contribution in [0.4, 0.5) is 0 Å². The van der Waals surface area contributed by atoms with Crippen LogP contribution in [0.3, 0.4) is 0 Å². The molecule has 3 heteroatoms. The monoisotopic (exact) mass is 191 g/mol. The Morgan fingerprint density at radius 2 is 2.29 bits per heavy atom. The summed E-state index contributed by atoms with van der Waals surface area (Å²) in [6, 6.07) is 8.11. The molecule has 0 unspecified atom stereocenters. The van der Waals surface area contributed by atoms with E-state index in [1.54, 1.807) is 6.92 Å². The van der Waals surface area contributed by atoms with Gasteiger partial charge >= 0.3 is 0 Å². The van der Waals surface area contributed by atoms with Crippen LogP contribution in [0.2, 0.25) is 0 Å². The van der Waals surface area contributed by atoms with Crippen LogP contribution in [0.15, 0.2) is 29.4 Å². The van der Waals surface area contributed by atoms with E-state index in [9.17, 15) is 0 Å². The molecule has 1 aromatic rings. The van der Waals surface area contributed by atoms with E-state index in [0.29, 0.717) is 12.3 Å². The molecule has 0 bridgehead atoms. The summed E-state index contributed by atoms with van der Waals surface area (Å²) in [5.41, 5.74) is 3.01. The SMILES string of the molecule is C/C(=N\O)[C@@H]1OCCc2ccccc21. The van der Waals surface area contributed by atoms with Gasteiger partial charge in [-0.05, 0) is 24.5 Å². The van der Waals surface area contributed by atoms with Crippen LogP contribution in [0.5, 0.6) is 0 Å². The minimum atomic E-state index is -0.176. The van der Waals surface area contributed by atoms with Crippen LogP contribution in [-0.2, 0) is 11.2 Å². The second kappa shape index (κ2) is 3.80. The van der Waals surface area contributed by atoms with Crippen molar-refractivity contribution in [2.24, 2.45) is 5.16 Å². The summed E-state index contributed by atoms with van der Waals surface area (Å²) in [6.07, 6.45) is 0.760. The third-order valence-electron chi connectivity index (χ3n) is 2.53. The molecule has 3 nitrogen and oxygen atoms in total. The number of hydrogen-bond acceptors (Lipinski definition) is 3. The second-order valence-corrected chi connectivity index (χ2v) is 3.44. The summed E-state index contributed by atoms with van der Waals surface area (Å²) in [7, 11) is 0. The number of fused-ring (bicyclic) bond motifs is 1. The van der Waals surface area contributed by atoms with Gasteiger partial charge in [-0.15, -0.1) is 0 Å². The average molecular weight is 191 g/mol. The van der Waals surface area contributed by atoms with E-state index >= 15 is 0 Å². The van der Waals surface area contributed by atoms with Crippen molar-refractivity contribution in [3.63, 3.8) is 0 Å². The molecular weight excluding hydrogens is 178 g/mol. The highest BCUT2D eigenvalue weighted by Gasteiger charge is 2.22. The standard InChI is InChI=1S/C11H13NO2/c1-8(12-13)11-10-5-3-2-4-9(10)6-7-14-11/h2-5,11,13H,6-7H2,1H3/b12-8+/t11-/m0/s1. The van der Waals surface area contributed by atoms with Crippen molar-refractivity contribution < 1.29 is 9.94 Å². The maximum absolute atomic E-state index is 8.72. The van der Waals surface area contributed by atoms with Gasteiger partial charge < -0.3 is 9.94 Å². The largest absolute Gasteiger partial charge is 0.411 e. The summed E-state index contributed by atoms with van der Waals surface area (Å²) in [4.78, 5) is 0. The van der Waals surface area contributed by atoms with Gasteiger partial charge in [-0.25, -0.2) is 0 Å². The Morgan fingerprint density at radius 3 is 3.07 bits per heavy atom. The number of hydrogen-bond donors (Lipinski definition) is 1. The first-order chi connectivity index (χ1) is 6.83. The van der Waals surface area contributed by atoms with Crippen LogP contribution in [-0.4, -0.2) is 17.5 Å². The van der Waals surface area contributed by atoms with Crippen molar-refractivity contribution in [1.29, 1.82) is 0 Å². The molecule has 0 saturated carbocycles. The van der Waals surface area contributed by atoms with Crippen LogP contribution in [0.1, 0.15) is 24.2 Å². The maximum atomic E-state index is 8.72. The van der Waals surface area contributed by atoms with Gasteiger partial charge in [0.2, 0.25) is 0 Å². The third kappa shape index (κ3) is 1.51. The van der Waals surface area contributed by atoms with Crippen molar-refractivity contribution in [3.8, 4) is 0 Å². The van der Waals surface area contributed by atoms with Crippen LogP contribution in [0.25, 0.3) is 0 Å². The average Bonchev–Trinajstić information content (AvgIpc) is 2.27. The van der Waals surface area contributed by atoms with Gasteiger partial charge in [0.15, 0.2) is 0 Å². The zero-order valence-electron chi connectivity index (χ0n) is 8.10. The lowest BCUT2D eigenvalue weighted by Crippen LogP contribution is -2.21. The molecule has 1 aliphatic rings. The first-order valence-electron chi connectivity index (χ1n) is 4.71. The Morgan fingerprint density at radius 1 is 1.50 bits per heavy atom. The number of ether oxygens (including phenoxy) is 1. The summed E-state index contributed by atoms with van der Waals surface area (Å²) in [5, 5.41) is 11.9. The minimum Gasteiger partial charge on any atom is -0.411 e. The predicted octanol–water partition coefficient (Wildman–Crippen LogP) is 2.15. The topological polar surface area (TPSA) is 41.8 Å². The lowest BCUT2D eigenvalue weighted by molar-refractivity contribution is 0.0848. The quantitative estimate of drug-likeness (QED) is 0.420. The molecular formula is C11H13NO2. The molecule has 1 atom stereocenters. The van der Waals surface area contributed by atoms with Crippen LogP contribution < -0.4 is 0 Å². The van der Waals surface area contributed by atoms with Gasteiger partial charge in [0, 0.05) is 0 Å². The summed E-state index contributed by atoms with van der Waals surface area (Å²) >= 11 is 0. The zero-order valence-corrected chi connectivity index (χ0v) is 8.10. The molecule has 0 saturated heterocycles. The molecule has 1 aliphatic heterocycles. The molecule has 14 heavy (non-hydrogen) atoms. The molecule has 0 aliphatic carbocycles. The molecule has 0 aromatic heterocycles. The number of nitrogens with zero attached hydrogens (tertiary/aromatic N) is 1. The molecule has 2 rings (SSSR count). The molecule has 1 heterocycles. The van der Waals surface area contributed by atoms with Crippen molar-refractivity contribution in [1.82, 2.24) is 0 Å². The first-order valence-corrected chi connectivity index (χ1v) is 4.71. The normalized spacial score (nSPS) is 21.8. The van der Waals surface area contributed by atoms with E-state index in [2.05, 4.69) is 11.2 Å². The molecule has 74 valence electrons. The van der Waals surface area contributed by atoms with E-state index in [1.807, 2.05) is 18.2 Å². The third-order valence-corrected chi connectivity index (χ3v) is 2.53. The van der Waals surface area contributed by atoms with Gasteiger partial charge in [0.25, 0.3) is 0 Å². The number of rotatable bonds is 1. The van der Waals surface area contributed by atoms with Gasteiger partial charge in [-0.2, -0.15) is 0 Å². The summed E-state index contributed by atoms with van der Waals surface area (Å²) in [6.45, 7) is 2.46. The van der Waals surface area contributed by atoms with Crippen LogP contribution >= 0.6 is 0 Å². The van der Waals surface area contributed by atoms with Gasteiger partial charge in [-0.3, -0.25) is 0 Å². The fourth-order valence-electron chi connectivity index (χ4n) is 1.79. The van der Waals surface area contributed by atoms with Gasteiger partial charge in [0.05, 0.1) is 12.3 Å². The molecule has 0 radical (unpaired) electrons. The molecule has 1 N–H and O–H groups in total. The number of oxime groups is 1. The van der Waals surface area contributed by atoms with E-state index < -0.39 is 0 Å². The van der Waals surface area contributed by atoms with E-state index in [1.165, 1.54) is 5.56 Å². The Kier molecular flexibility index (Phi) is 2.50.